The molecular formula is C25H25N3O4. The maximum Gasteiger partial charge on any atom is 0.255 e. The van der Waals surface area contributed by atoms with Crippen molar-refractivity contribution in [1.29, 1.82) is 0 Å². The minimum Gasteiger partial charge on any atom is -0.493 e. The molecular weight excluding hydrogens is 406 g/mol. The minimum atomic E-state index is -0.288. The number of aryl methyl sites for hydroxylation is 1. The number of methoxy groups -OCH3 is 3. The molecule has 0 spiro atoms. The van der Waals surface area contributed by atoms with E-state index in [1.807, 2.05) is 43.3 Å². The lowest BCUT2D eigenvalue weighted by Crippen LogP contribution is -2.12. The molecule has 3 aromatic carbocycles. The molecule has 1 N–H and O–H groups in total. The van der Waals surface area contributed by atoms with Gasteiger partial charge in [0.2, 0.25) is 5.75 Å². The molecule has 4 aromatic rings. The molecule has 7 heteroatoms. The predicted octanol–water partition coefficient (Wildman–Crippen LogP) is 4.67. The number of anilines is 1. The number of imidazole rings is 1. The van der Waals surface area contributed by atoms with Crippen LogP contribution in [0.5, 0.6) is 17.2 Å². The molecule has 0 unspecified atom stereocenters. The fraction of sp³-hybridized carbons (Fsp3) is 0.200. The maximum atomic E-state index is 12.9. The Morgan fingerprint density at radius 1 is 0.938 bits per heavy atom. The SMILES string of the molecule is COc1cc(C(=O)Nc2ccc3c(c2)nc(C)n3Cc2ccccc2)cc(OC)c1OC. The van der Waals surface area contributed by atoms with E-state index in [2.05, 4.69) is 27.0 Å². The highest BCUT2D eigenvalue weighted by molar-refractivity contribution is 6.05. The van der Waals surface area contributed by atoms with E-state index in [0.717, 1.165) is 23.4 Å². The first-order chi connectivity index (χ1) is 15.5. The predicted molar refractivity (Wildman–Crippen MR) is 124 cm³/mol. The highest BCUT2D eigenvalue weighted by Gasteiger charge is 2.17. The number of aromatic nitrogens is 2. The lowest BCUT2D eigenvalue weighted by atomic mass is 10.1. The second-order valence-corrected chi connectivity index (χ2v) is 7.30. The number of carbonyl (C=O) groups excluding carboxylic acids is 1. The summed E-state index contributed by atoms with van der Waals surface area (Å²) >= 11 is 0. The van der Waals surface area contributed by atoms with Gasteiger partial charge in [-0.15, -0.1) is 0 Å². The van der Waals surface area contributed by atoms with Crippen LogP contribution in [0.15, 0.2) is 60.7 Å². The molecule has 164 valence electrons. The number of nitrogens with zero attached hydrogens (tertiary/aromatic N) is 2. The van der Waals surface area contributed by atoms with Crippen LogP contribution in [-0.2, 0) is 6.54 Å². The normalized spacial score (nSPS) is 10.8. The topological polar surface area (TPSA) is 74.6 Å². The Kier molecular flexibility index (Phi) is 5.98. The number of nitrogens with one attached hydrogen (secondary N) is 1. The molecule has 0 saturated carbocycles. The molecule has 0 atom stereocenters. The van der Waals surface area contributed by atoms with Crippen LogP contribution in [-0.4, -0.2) is 36.8 Å². The fourth-order valence-electron chi connectivity index (χ4n) is 3.71. The van der Waals surface area contributed by atoms with Crippen molar-refractivity contribution in [2.24, 2.45) is 0 Å². The summed E-state index contributed by atoms with van der Waals surface area (Å²) in [5.41, 5.74) is 4.08. The Hall–Kier alpha value is -4.00. The Morgan fingerprint density at radius 2 is 1.62 bits per heavy atom. The van der Waals surface area contributed by atoms with Crippen molar-refractivity contribution in [2.75, 3.05) is 26.6 Å². The van der Waals surface area contributed by atoms with Gasteiger partial charge in [0, 0.05) is 17.8 Å². The van der Waals surface area contributed by atoms with Crippen molar-refractivity contribution in [3.63, 3.8) is 0 Å². The van der Waals surface area contributed by atoms with Crippen molar-refractivity contribution < 1.29 is 19.0 Å². The monoisotopic (exact) mass is 431 g/mol. The van der Waals surface area contributed by atoms with Gasteiger partial charge in [-0.2, -0.15) is 0 Å². The van der Waals surface area contributed by atoms with Crippen LogP contribution in [0.3, 0.4) is 0 Å². The number of rotatable bonds is 7. The third-order valence-electron chi connectivity index (χ3n) is 5.31. The second-order valence-electron chi connectivity index (χ2n) is 7.30. The minimum absolute atomic E-state index is 0.288. The van der Waals surface area contributed by atoms with Crippen LogP contribution < -0.4 is 19.5 Å². The zero-order chi connectivity index (χ0) is 22.7. The van der Waals surface area contributed by atoms with Gasteiger partial charge in [0.25, 0.3) is 5.91 Å². The molecule has 0 aliphatic carbocycles. The molecule has 1 aromatic heterocycles. The largest absolute Gasteiger partial charge is 0.493 e. The summed E-state index contributed by atoms with van der Waals surface area (Å²) in [6.45, 7) is 2.72. The summed E-state index contributed by atoms with van der Waals surface area (Å²) in [6, 6.07) is 19.2. The Balaban J connectivity index is 1.60. The van der Waals surface area contributed by atoms with Gasteiger partial charge in [-0.25, -0.2) is 4.98 Å². The van der Waals surface area contributed by atoms with Gasteiger partial charge >= 0.3 is 0 Å². The number of benzene rings is 3. The molecule has 7 nitrogen and oxygen atoms in total. The quantitative estimate of drug-likeness (QED) is 0.460. The van der Waals surface area contributed by atoms with Crippen molar-refractivity contribution in [1.82, 2.24) is 9.55 Å². The van der Waals surface area contributed by atoms with Gasteiger partial charge in [0.1, 0.15) is 5.82 Å². The summed E-state index contributed by atoms with van der Waals surface area (Å²) in [4.78, 5) is 17.6. The lowest BCUT2D eigenvalue weighted by molar-refractivity contribution is 0.102. The van der Waals surface area contributed by atoms with Crippen LogP contribution in [0.25, 0.3) is 11.0 Å². The molecule has 0 aliphatic heterocycles. The zero-order valence-electron chi connectivity index (χ0n) is 18.5. The first kappa shape index (κ1) is 21.2. The second kappa shape index (κ2) is 9.01. The summed E-state index contributed by atoms with van der Waals surface area (Å²) in [6.07, 6.45) is 0. The Bertz CT molecular complexity index is 1240. The number of hydrogen-bond acceptors (Lipinski definition) is 5. The van der Waals surface area contributed by atoms with Gasteiger partial charge in [-0.05, 0) is 42.8 Å². The van der Waals surface area contributed by atoms with Crippen LogP contribution in [0.1, 0.15) is 21.7 Å². The Morgan fingerprint density at radius 3 is 2.25 bits per heavy atom. The van der Waals surface area contributed by atoms with E-state index in [0.29, 0.717) is 28.5 Å². The molecule has 0 aliphatic rings. The molecule has 1 heterocycles. The summed E-state index contributed by atoms with van der Waals surface area (Å²) in [5.74, 6) is 1.90. The number of carbonyl (C=O) groups is 1. The Labute approximate surface area is 186 Å². The van der Waals surface area contributed by atoms with E-state index in [1.165, 1.54) is 26.9 Å². The fourth-order valence-corrected chi connectivity index (χ4v) is 3.71. The van der Waals surface area contributed by atoms with Crippen molar-refractivity contribution in [3.05, 3.63) is 77.6 Å². The molecule has 0 saturated heterocycles. The van der Waals surface area contributed by atoms with Crippen LogP contribution in [0, 0.1) is 6.92 Å². The average Bonchev–Trinajstić information content (AvgIpc) is 3.12. The molecule has 0 radical (unpaired) electrons. The molecule has 0 bridgehead atoms. The van der Waals surface area contributed by atoms with E-state index in [-0.39, 0.29) is 5.91 Å². The molecule has 4 rings (SSSR count). The smallest absolute Gasteiger partial charge is 0.255 e. The first-order valence-electron chi connectivity index (χ1n) is 10.2. The van der Waals surface area contributed by atoms with Crippen molar-refractivity contribution in [3.8, 4) is 17.2 Å². The van der Waals surface area contributed by atoms with E-state index in [1.54, 1.807) is 12.1 Å². The van der Waals surface area contributed by atoms with E-state index in [9.17, 15) is 4.79 Å². The summed E-state index contributed by atoms with van der Waals surface area (Å²) < 4.78 is 18.2. The highest BCUT2D eigenvalue weighted by atomic mass is 16.5. The van der Waals surface area contributed by atoms with Crippen LogP contribution >= 0.6 is 0 Å². The van der Waals surface area contributed by atoms with E-state index < -0.39 is 0 Å². The standard InChI is InChI=1S/C25H25N3O4/c1-16-26-20-14-19(10-11-21(20)28(16)15-17-8-6-5-7-9-17)27-25(29)18-12-22(30-2)24(32-4)23(13-18)31-3/h5-14H,15H2,1-4H3,(H,27,29). The lowest BCUT2D eigenvalue weighted by Gasteiger charge is -2.14. The van der Waals surface area contributed by atoms with Gasteiger partial charge in [0.15, 0.2) is 11.5 Å². The third kappa shape index (κ3) is 4.09. The van der Waals surface area contributed by atoms with Gasteiger partial charge in [0.05, 0.1) is 32.4 Å². The van der Waals surface area contributed by atoms with Crippen LogP contribution in [0.4, 0.5) is 5.69 Å². The van der Waals surface area contributed by atoms with Gasteiger partial charge in [-0.3, -0.25) is 4.79 Å². The zero-order valence-corrected chi connectivity index (χ0v) is 18.5. The van der Waals surface area contributed by atoms with Crippen molar-refractivity contribution in [2.45, 2.75) is 13.5 Å². The number of ether oxygens (including phenoxy) is 3. The number of fused-ring (bicyclic) bond motifs is 1. The maximum absolute atomic E-state index is 12.9. The van der Waals surface area contributed by atoms with E-state index >= 15 is 0 Å². The number of hydrogen-bond donors (Lipinski definition) is 1. The first-order valence-corrected chi connectivity index (χ1v) is 10.2. The number of amides is 1. The van der Waals surface area contributed by atoms with E-state index in [4.69, 9.17) is 14.2 Å². The van der Waals surface area contributed by atoms with Crippen molar-refractivity contribution >= 4 is 22.6 Å². The summed E-state index contributed by atoms with van der Waals surface area (Å²) in [5, 5.41) is 2.93. The van der Waals surface area contributed by atoms with Gasteiger partial charge in [-0.1, -0.05) is 30.3 Å². The summed E-state index contributed by atoms with van der Waals surface area (Å²) in [7, 11) is 4.55. The third-order valence-corrected chi connectivity index (χ3v) is 5.31. The van der Waals surface area contributed by atoms with Crippen LogP contribution in [0.2, 0.25) is 0 Å². The molecule has 32 heavy (non-hydrogen) atoms. The van der Waals surface area contributed by atoms with Gasteiger partial charge < -0.3 is 24.1 Å². The molecule has 1 amide bonds. The molecule has 0 fully saturated rings. The highest BCUT2D eigenvalue weighted by Crippen LogP contribution is 2.38. The average molecular weight is 431 g/mol.